The van der Waals surface area contributed by atoms with E-state index in [1.807, 2.05) is 18.7 Å². The van der Waals surface area contributed by atoms with Gasteiger partial charge in [-0.05, 0) is 33.6 Å². The lowest BCUT2D eigenvalue weighted by molar-refractivity contribution is 0.764. The van der Waals surface area contributed by atoms with Crippen LogP contribution in [0.25, 0.3) is 22.0 Å². The molecule has 0 aliphatic heterocycles. The molecule has 1 heterocycles. The molecule has 3 heteroatoms. The van der Waals surface area contributed by atoms with E-state index in [2.05, 4.69) is 63.5 Å². The van der Waals surface area contributed by atoms with Gasteiger partial charge in [0, 0.05) is 12.6 Å². The molecule has 3 aromatic rings. The van der Waals surface area contributed by atoms with Crippen LogP contribution in [0.4, 0.5) is 0 Å². The molecule has 0 saturated carbocycles. The molecular formula is C15H13BrN2. The van der Waals surface area contributed by atoms with Gasteiger partial charge < -0.3 is 0 Å². The van der Waals surface area contributed by atoms with Crippen molar-refractivity contribution >= 4 is 26.7 Å². The monoisotopic (exact) mass is 300 g/mol. The van der Waals surface area contributed by atoms with E-state index in [9.17, 15) is 0 Å². The summed E-state index contributed by atoms with van der Waals surface area (Å²) in [5.41, 5.74) is 3.35. The van der Waals surface area contributed by atoms with Gasteiger partial charge >= 0.3 is 0 Å². The summed E-state index contributed by atoms with van der Waals surface area (Å²) in [6.07, 6.45) is 0. The fourth-order valence-corrected chi connectivity index (χ4v) is 2.91. The summed E-state index contributed by atoms with van der Waals surface area (Å²) in [5, 5.41) is 6.97. The van der Waals surface area contributed by atoms with Gasteiger partial charge in [0.25, 0.3) is 0 Å². The van der Waals surface area contributed by atoms with Gasteiger partial charge in [-0.3, -0.25) is 4.68 Å². The van der Waals surface area contributed by atoms with Crippen LogP contribution in [0, 0.1) is 6.92 Å². The second kappa shape index (κ2) is 4.25. The fourth-order valence-electron chi connectivity index (χ4n) is 2.36. The van der Waals surface area contributed by atoms with Crippen molar-refractivity contribution < 1.29 is 0 Å². The SMILES string of the molecule is Cc1nn(C)c(-c2cccc3ccccc23)c1Br. The standard InChI is InChI=1S/C15H13BrN2/c1-10-14(16)15(18(2)17-10)13-9-5-7-11-6-3-4-8-12(11)13/h3-9H,1-2H3. The molecule has 0 atom stereocenters. The van der Waals surface area contributed by atoms with Gasteiger partial charge in [-0.2, -0.15) is 5.10 Å². The number of benzene rings is 2. The lowest BCUT2D eigenvalue weighted by Crippen LogP contribution is -1.94. The van der Waals surface area contributed by atoms with E-state index in [4.69, 9.17) is 0 Å². The first-order valence-corrected chi connectivity index (χ1v) is 6.65. The average Bonchev–Trinajstić information content (AvgIpc) is 2.63. The van der Waals surface area contributed by atoms with Crippen LogP contribution < -0.4 is 0 Å². The number of hydrogen-bond donors (Lipinski definition) is 0. The Balaban J connectivity index is 2.38. The summed E-state index contributed by atoms with van der Waals surface area (Å²) in [4.78, 5) is 0. The lowest BCUT2D eigenvalue weighted by Gasteiger charge is -2.07. The van der Waals surface area contributed by atoms with Crippen LogP contribution in [0.15, 0.2) is 46.9 Å². The van der Waals surface area contributed by atoms with Crippen molar-refractivity contribution in [2.75, 3.05) is 0 Å². The number of hydrogen-bond acceptors (Lipinski definition) is 1. The topological polar surface area (TPSA) is 17.8 Å². The maximum absolute atomic E-state index is 4.46. The Morgan fingerprint density at radius 2 is 1.78 bits per heavy atom. The summed E-state index contributed by atoms with van der Waals surface area (Å²) in [6, 6.07) is 14.8. The van der Waals surface area contributed by atoms with Gasteiger partial charge in [0.1, 0.15) is 0 Å². The molecule has 0 saturated heterocycles. The highest BCUT2D eigenvalue weighted by atomic mass is 79.9. The summed E-state index contributed by atoms with van der Waals surface area (Å²) in [6.45, 7) is 2.01. The molecule has 90 valence electrons. The molecule has 0 aliphatic carbocycles. The van der Waals surface area contributed by atoms with Crippen molar-refractivity contribution in [3.05, 3.63) is 52.6 Å². The van der Waals surface area contributed by atoms with Gasteiger partial charge in [-0.25, -0.2) is 0 Å². The molecular weight excluding hydrogens is 288 g/mol. The van der Waals surface area contributed by atoms with Crippen molar-refractivity contribution in [3.63, 3.8) is 0 Å². The maximum Gasteiger partial charge on any atom is 0.0830 e. The van der Waals surface area contributed by atoms with E-state index in [0.717, 1.165) is 15.9 Å². The van der Waals surface area contributed by atoms with Crippen LogP contribution in [0.3, 0.4) is 0 Å². The minimum absolute atomic E-state index is 1.01. The van der Waals surface area contributed by atoms with Crippen molar-refractivity contribution in [1.29, 1.82) is 0 Å². The summed E-state index contributed by atoms with van der Waals surface area (Å²) < 4.78 is 3.00. The quantitative estimate of drug-likeness (QED) is 0.655. The average molecular weight is 301 g/mol. The minimum atomic E-state index is 1.01. The third-order valence-corrected chi connectivity index (χ3v) is 4.14. The highest BCUT2D eigenvalue weighted by Crippen LogP contribution is 2.34. The van der Waals surface area contributed by atoms with Gasteiger partial charge in [0.05, 0.1) is 15.9 Å². The van der Waals surface area contributed by atoms with Gasteiger partial charge in [-0.15, -0.1) is 0 Å². The van der Waals surface area contributed by atoms with Crippen LogP contribution in [0.2, 0.25) is 0 Å². The van der Waals surface area contributed by atoms with Crippen molar-refractivity contribution in [2.24, 2.45) is 7.05 Å². The molecule has 2 nitrogen and oxygen atoms in total. The Hall–Kier alpha value is -1.61. The Bertz CT molecular complexity index is 723. The molecule has 2 aromatic carbocycles. The third-order valence-electron chi connectivity index (χ3n) is 3.19. The van der Waals surface area contributed by atoms with Gasteiger partial charge in [0.2, 0.25) is 0 Å². The van der Waals surface area contributed by atoms with Crippen molar-refractivity contribution in [3.8, 4) is 11.3 Å². The van der Waals surface area contributed by atoms with Gasteiger partial charge in [0.15, 0.2) is 0 Å². The van der Waals surface area contributed by atoms with Crippen molar-refractivity contribution in [1.82, 2.24) is 9.78 Å². The summed E-state index contributed by atoms with van der Waals surface area (Å²) in [5.74, 6) is 0. The second-order valence-corrected chi connectivity index (χ2v) is 5.19. The van der Waals surface area contributed by atoms with Crippen LogP contribution in [0.5, 0.6) is 0 Å². The Kier molecular flexibility index (Phi) is 2.71. The molecule has 18 heavy (non-hydrogen) atoms. The van der Waals surface area contributed by atoms with E-state index >= 15 is 0 Å². The van der Waals surface area contributed by atoms with Gasteiger partial charge in [-0.1, -0.05) is 42.5 Å². The largest absolute Gasteiger partial charge is 0.266 e. The number of halogens is 1. The first kappa shape index (κ1) is 11.5. The van der Waals surface area contributed by atoms with Crippen LogP contribution in [-0.4, -0.2) is 9.78 Å². The molecule has 0 spiro atoms. The zero-order chi connectivity index (χ0) is 12.7. The number of rotatable bonds is 1. The third kappa shape index (κ3) is 1.66. The Morgan fingerprint density at radius 1 is 1.06 bits per heavy atom. The zero-order valence-electron chi connectivity index (χ0n) is 10.3. The second-order valence-electron chi connectivity index (χ2n) is 4.40. The molecule has 0 aliphatic rings. The number of aryl methyl sites for hydroxylation is 2. The normalized spacial score (nSPS) is 11.1. The molecule has 3 rings (SSSR count). The first-order valence-electron chi connectivity index (χ1n) is 5.85. The lowest BCUT2D eigenvalue weighted by atomic mass is 10.0. The summed E-state index contributed by atoms with van der Waals surface area (Å²) >= 11 is 3.64. The molecule has 0 N–H and O–H groups in total. The van der Waals surface area contributed by atoms with Crippen molar-refractivity contribution in [2.45, 2.75) is 6.92 Å². The first-order chi connectivity index (χ1) is 8.68. The molecule has 1 aromatic heterocycles. The van der Waals surface area contributed by atoms with E-state index in [1.54, 1.807) is 0 Å². The Labute approximate surface area is 114 Å². The zero-order valence-corrected chi connectivity index (χ0v) is 11.9. The number of fused-ring (bicyclic) bond motifs is 1. The number of aromatic nitrogens is 2. The molecule has 0 unspecified atom stereocenters. The highest BCUT2D eigenvalue weighted by Gasteiger charge is 2.14. The highest BCUT2D eigenvalue weighted by molar-refractivity contribution is 9.10. The minimum Gasteiger partial charge on any atom is -0.266 e. The fraction of sp³-hybridized carbons (Fsp3) is 0.133. The van der Waals surface area contributed by atoms with E-state index < -0.39 is 0 Å². The molecule has 0 radical (unpaired) electrons. The molecule has 0 amide bonds. The summed E-state index contributed by atoms with van der Waals surface area (Å²) in [7, 11) is 1.98. The van der Waals surface area contributed by atoms with E-state index in [0.29, 0.717) is 0 Å². The smallest absolute Gasteiger partial charge is 0.0830 e. The van der Waals surface area contributed by atoms with Crippen LogP contribution in [0.1, 0.15) is 5.69 Å². The number of nitrogens with zero attached hydrogens (tertiary/aromatic N) is 2. The Morgan fingerprint density at radius 3 is 2.50 bits per heavy atom. The van der Waals surface area contributed by atoms with E-state index in [-0.39, 0.29) is 0 Å². The van der Waals surface area contributed by atoms with E-state index in [1.165, 1.54) is 16.3 Å². The van der Waals surface area contributed by atoms with Crippen LogP contribution >= 0.6 is 15.9 Å². The molecule has 0 bridgehead atoms. The predicted molar refractivity (Wildman–Crippen MR) is 78.6 cm³/mol. The molecule has 0 fully saturated rings. The maximum atomic E-state index is 4.46. The van der Waals surface area contributed by atoms with Crippen LogP contribution in [-0.2, 0) is 7.05 Å². The predicted octanol–water partition coefficient (Wildman–Crippen LogP) is 4.31.